The van der Waals surface area contributed by atoms with Gasteiger partial charge in [-0.25, -0.2) is 4.98 Å². The zero-order chi connectivity index (χ0) is 13.8. The minimum absolute atomic E-state index is 0.405. The molecule has 0 aliphatic heterocycles. The quantitative estimate of drug-likeness (QED) is 0.671. The lowest BCUT2D eigenvalue weighted by Gasteiger charge is -2.13. The van der Waals surface area contributed by atoms with Crippen LogP contribution in [0.5, 0.6) is 0 Å². The molecule has 3 aromatic rings. The van der Waals surface area contributed by atoms with Crippen LogP contribution in [0.4, 0.5) is 0 Å². The van der Waals surface area contributed by atoms with Crippen LogP contribution >= 0.6 is 22.7 Å². The van der Waals surface area contributed by atoms with Crippen LogP contribution < -0.4 is 5.32 Å². The molecule has 3 rings (SSSR count). The molecule has 0 radical (unpaired) electrons. The SMILES string of the molecule is CC(NCCCc1nccs1)c1csc2ccccc12. The number of thiophene rings is 1. The molecule has 104 valence electrons. The maximum absolute atomic E-state index is 4.32. The molecule has 20 heavy (non-hydrogen) atoms. The van der Waals surface area contributed by atoms with Gasteiger partial charge in [-0.3, -0.25) is 0 Å². The molecule has 0 aliphatic rings. The van der Waals surface area contributed by atoms with Gasteiger partial charge < -0.3 is 5.32 Å². The first-order valence-corrected chi connectivity index (χ1v) is 8.68. The van der Waals surface area contributed by atoms with Crippen LogP contribution in [-0.2, 0) is 6.42 Å². The Bertz CT molecular complexity index is 658. The van der Waals surface area contributed by atoms with E-state index in [9.17, 15) is 0 Å². The summed E-state index contributed by atoms with van der Waals surface area (Å²) in [6, 6.07) is 9.04. The lowest BCUT2D eigenvalue weighted by Crippen LogP contribution is -2.20. The number of hydrogen-bond donors (Lipinski definition) is 1. The van der Waals surface area contributed by atoms with E-state index >= 15 is 0 Å². The molecular formula is C16H18N2S2. The summed E-state index contributed by atoms with van der Waals surface area (Å²) in [4.78, 5) is 4.32. The van der Waals surface area contributed by atoms with E-state index in [1.54, 1.807) is 11.3 Å². The zero-order valence-corrected chi connectivity index (χ0v) is 13.1. The van der Waals surface area contributed by atoms with Crippen molar-refractivity contribution in [3.8, 4) is 0 Å². The van der Waals surface area contributed by atoms with E-state index in [2.05, 4.69) is 46.9 Å². The summed E-state index contributed by atoms with van der Waals surface area (Å²) in [5, 5.41) is 10.6. The smallest absolute Gasteiger partial charge is 0.0925 e. The third-order valence-corrected chi connectivity index (χ3v) is 5.30. The fraction of sp³-hybridized carbons (Fsp3) is 0.312. The molecule has 0 saturated carbocycles. The number of aryl methyl sites for hydroxylation is 1. The Labute approximate surface area is 127 Å². The molecule has 0 amide bonds. The minimum atomic E-state index is 0.405. The molecule has 0 spiro atoms. The summed E-state index contributed by atoms with van der Waals surface area (Å²) in [6.45, 7) is 3.28. The molecule has 0 fully saturated rings. The first-order chi connectivity index (χ1) is 9.84. The standard InChI is InChI=1S/C16H18N2S2/c1-12(17-8-4-7-16-18-9-10-19-16)14-11-20-15-6-3-2-5-13(14)15/h2-3,5-6,9-12,17H,4,7-8H2,1H3. The van der Waals surface area contributed by atoms with Crippen LogP contribution in [0.1, 0.15) is 30.0 Å². The lowest BCUT2D eigenvalue weighted by molar-refractivity contribution is 0.562. The second-order valence-corrected chi connectivity index (χ2v) is 6.78. The van der Waals surface area contributed by atoms with Crippen molar-refractivity contribution in [1.29, 1.82) is 0 Å². The minimum Gasteiger partial charge on any atom is -0.310 e. The summed E-state index contributed by atoms with van der Waals surface area (Å²) >= 11 is 3.58. The highest BCUT2D eigenvalue weighted by Gasteiger charge is 2.10. The Morgan fingerprint density at radius 3 is 3.00 bits per heavy atom. The Morgan fingerprint density at radius 1 is 1.25 bits per heavy atom. The third-order valence-electron chi connectivity index (χ3n) is 3.48. The van der Waals surface area contributed by atoms with Crippen molar-refractivity contribution >= 4 is 32.8 Å². The van der Waals surface area contributed by atoms with Gasteiger partial charge in [-0.05, 0) is 42.3 Å². The second kappa shape index (κ2) is 6.48. The highest BCUT2D eigenvalue weighted by molar-refractivity contribution is 7.17. The normalized spacial score (nSPS) is 12.8. The predicted molar refractivity (Wildman–Crippen MR) is 88.7 cm³/mol. The number of rotatable bonds is 6. The van der Waals surface area contributed by atoms with Crippen molar-refractivity contribution < 1.29 is 0 Å². The third kappa shape index (κ3) is 3.08. The highest BCUT2D eigenvalue weighted by Crippen LogP contribution is 2.29. The molecule has 1 atom stereocenters. The monoisotopic (exact) mass is 302 g/mol. The summed E-state index contributed by atoms with van der Waals surface area (Å²) in [5.41, 5.74) is 1.42. The van der Waals surface area contributed by atoms with Crippen LogP contribution in [0.2, 0.25) is 0 Å². The maximum Gasteiger partial charge on any atom is 0.0925 e. The molecular weight excluding hydrogens is 284 g/mol. The largest absolute Gasteiger partial charge is 0.310 e. The fourth-order valence-corrected chi connectivity index (χ4v) is 4.10. The van der Waals surface area contributed by atoms with Crippen LogP contribution in [-0.4, -0.2) is 11.5 Å². The highest BCUT2D eigenvalue weighted by atomic mass is 32.1. The van der Waals surface area contributed by atoms with Gasteiger partial charge in [0.05, 0.1) is 5.01 Å². The molecule has 1 N–H and O–H groups in total. The average Bonchev–Trinajstić information content (AvgIpc) is 3.12. The Kier molecular flexibility index (Phi) is 4.45. The number of aromatic nitrogens is 1. The van der Waals surface area contributed by atoms with Gasteiger partial charge in [-0.15, -0.1) is 22.7 Å². The molecule has 1 unspecified atom stereocenters. The molecule has 4 heteroatoms. The molecule has 1 aromatic carbocycles. The van der Waals surface area contributed by atoms with Crippen LogP contribution in [0.25, 0.3) is 10.1 Å². The lowest BCUT2D eigenvalue weighted by atomic mass is 10.1. The number of benzene rings is 1. The second-order valence-electron chi connectivity index (χ2n) is 4.89. The first-order valence-electron chi connectivity index (χ1n) is 6.92. The van der Waals surface area contributed by atoms with Gasteiger partial charge in [0.15, 0.2) is 0 Å². The first kappa shape index (κ1) is 13.7. The van der Waals surface area contributed by atoms with Crippen LogP contribution in [0.3, 0.4) is 0 Å². The molecule has 2 heterocycles. The predicted octanol–water partition coefficient (Wildman–Crippen LogP) is 4.64. The van der Waals surface area contributed by atoms with Crippen molar-refractivity contribution in [2.24, 2.45) is 0 Å². The van der Waals surface area contributed by atoms with Gasteiger partial charge in [0.1, 0.15) is 0 Å². The number of hydrogen-bond acceptors (Lipinski definition) is 4. The van der Waals surface area contributed by atoms with Crippen LogP contribution in [0.15, 0.2) is 41.2 Å². The van der Waals surface area contributed by atoms with Gasteiger partial charge in [0, 0.05) is 28.7 Å². The van der Waals surface area contributed by atoms with E-state index in [0.717, 1.165) is 19.4 Å². The summed E-state index contributed by atoms with van der Waals surface area (Å²) in [5.74, 6) is 0. The topological polar surface area (TPSA) is 24.9 Å². The molecule has 2 nitrogen and oxygen atoms in total. The van der Waals surface area contributed by atoms with Crippen molar-refractivity contribution in [3.05, 3.63) is 51.8 Å². The van der Waals surface area contributed by atoms with Gasteiger partial charge >= 0.3 is 0 Å². The van der Waals surface area contributed by atoms with Gasteiger partial charge in [0.2, 0.25) is 0 Å². The molecule has 0 aliphatic carbocycles. The maximum atomic E-state index is 4.32. The van der Waals surface area contributed by atoms with Gasteiger partial charge in [-0.1, -0.05) is 18.2 Å². The number of fused-ring (bicyclic) bond motifs is 1. The van der Waals surface area contributed by atoms with Crippen molar-refractivity contribution in [2.75, 3.05) is 6.54 Å². The summed E-state index contributed by atoms with van der Waals surface area (Å²) in [6.07, 6.45) is 4.09. The van der Waals surface area contributed by atoms with E-state index in [-0.39, 0.29) is 0 Å². The van der Waals surface area contributed by atoms with Crippen molar-refractivity contribution in [3.63, 3.8) is 0 Å². The van der Waals surface area contributed by atoms with E-state index in [4.69, 9.17) is 0 Å². The van der Waals surface area contributed by atoms with E-state index in [1.165, 1.54) is 20.7 Å². The van der Waals surface area contributed by atoms with E-state index < -0.39 is 0 Å². The van der Waals surface area contributed by atoms with Gasteiger partial charge in [0.25, 0.3) is 0 Å². The average molecular weight is 302 g/mol. The fourth-order valence-electron chi connectivity index (χ4n) is 2.38. The van der Waals surface area contributed by atoms with E-state index in [1.807, 2.05) is 22.9 Å². The summed E-state index contributed by atoms with van der Waals surface area (Å²) < 4.78 is 1.37. The van der Waals surface area contributed by atoms with Gasteiger partial charge in [-0.2, -0.15) is 0 Å². The Hall–Kier alpha value is -1.23. The Balaban J connectivity index is 1.55. The zero-order valence-electron chi connectivity index (χ0n) is 11.5. The van der Waals surface area contributed by atoms with Crippen molar-refractivity contribution in [1.82, 2.24) is 10.3 Å². The number of nitrogens with one attached hydrogen (secondary N) is 1. The number of nitrogens with zero attached hydrogens (tertiary/aromatic N) is 1. The molecule has 0 bridgehead atoms. The Morgan fingerprint density at radius 2 is 2.15 bits per heavy atom. The van der Waals surface area contributed by atoms with Crippen molar-refractivity contribution in [2.45, 2.75) is 25.8 Å². The number of thiazole rings is 1. The van der Waals surface area contributed by atoms with Crippen LogP contribution in [0, 0.1) is 0 Å². The summed E-state index contributed by atoms with van der Waals surface area (Å²) in [7, 11) is 0. The molecule has 0 saturated heterocycles. The molecule has 2 aromatic heterocycles. The van der Waals surface area contributed by atoms with E-state index in [0.29, 0.717) is 6.04 Å².